The quantitative estimate of drug-likeness (QED) is 0.743. The van der Waals surface area contributed by atoms with E-state index in [-0.39, 0.29) is 5.88 Å². The zero-order valence-corrected chi connectivity index (χ0v) is 8.16. The van der Waals surface area contributed by atoms with Crippen molar-refractivity contribution in [2.24, 2.45) is 0 Å². The maximum Gasteiger partial charge on any atom is 0.407 e. The van der Waals surface area contributed by atoms with Gasteiger partial charge >= 0.3 is 5.88 Å². The van der Waals surface area contributed by atoms with Crippen molar-refractivity contribution in [3.63, 3.8) is 0 Å². The molecule has 72 valence electrons. The topological polar surface area (TPSA) is 43.6 Å². The SMILES string of the molecule is COc1c(O)[nH+]cc2cccc(C)c12. The third-order valence-electron chi connectivity index (χ3n) is 2.32. The first-order valence-corrected chi connectivity index (χ1v) is 4.41. The normalized spacial score (nSPS) is 10.4. The lowest BCUT2D eigenvalue weighted by Crippen LogP contribution is -2.04. The maximum atomic E-state index is 9.55. The van der Waals surface area contributed by atoms with Crippen LogP contribution in [-0.4, -0.2) is 12.2 Å². The lowest BCUT2D eigenvalue weighted by atomic mass is 10.1. The van der Waals surface area contributed by atoms with E-state index in [0.29, 0.717) is 5.75 Å². The Hall–Kier alpha value is -1.77. The summed E-state index contributed by atoms with van der Waals surface area (Å²) < 4.78 is 5.16. The summed E-state index contributed by atoms with van der Waals surface area (Å²) >= 11 is 0. The zero-order chi connectivity index (χ0) is 10.1. The van der Waals surface area contributed by atoms with Gasteiger partial charge < -0.3 is 9.84 Å². The molecule has 0 saturated heterocycles. The van der Waals surface area contributed by atoms with Crippen molar-refractivity contribution in [1.29, 1.82) is 0 Å². The smallest absolute Gasteiger partial charge is 0.407 e. The molecule has 0 aliphatic rings. The molecule has 1 heterocycles. The van der Waals surface area contributed by atoms with E-state index in [1.54, 1.807) is 13.3 Å². The van der Waals surface area contributed by atoms with Gasteiger partial charge in [0.2, 0.25) is 5.75 Å². The predicted octanol–water partition coefficient (Wildman–Crippen LogP) is 1.68. The third-order valence-corrected chi connectivity index (χ3v) is 2.32. The largest absolute Gasteiger partial charge is 0.487 e. The summed E-state index contributed by atoms with van der Waals surface area (Å²) in [5, 5.41) is 11.5. The number of H-pyrrole nitrogens is 1. The van der Waals surface area contributed by atoms with Crippen molar-refractivity contribution in [2.45, 2.75) is 6.92 Å². The summed E-state index contributed by atoms with van der Waals surface area (Å²) in [4.78, 5) is 2.75. The van der Waals surface area contributed by atoms with Gasteiger partial charge in [0.15, 0.2) is 6.20 Å². The molecule has 0 unspecified atom stereocenters. The van der Waals surface area contributed by atoms with Gasteiger partial charge in [-0.05, 0) is 18.6 Å². The Morgan fingerprint density at radius 1 is 1.36 bits per heavy atom. The summed E-state index contributed by atoms with van der Waals surface area (Å²) in [6.45, 7) is 1.99. The number of pyridine rings is 1. The summed E-state index contributed by atoms with van der Waals surface area (Å²) in [7, 11) is 1.55. The molecular weight excluding hydrogens is 178 g/mol. The molecule has 2 rings (SSSR count). The molecule has 3 heteroatoms. The number of hydrogen-bond donors (Lipinski definition) is 1. The molecule has 2 N–H and O–H groups in total. The number of fused-ring (bicyclic) bond motifs is 1. The maximum absolute atomic E-state index is 9.55. The number of benzene rings is 1. The van der Waals surface area contributed by atoms with Gasteiger partial charge in [-0.15, -0.1) is 0 Å². The highest BCUT2D eigenvalue weighted by Gasteiger charge is 2.15. The van der Waals surface area contributed by atoms with E-state index in [4.69, 9.17) is 4.74 Å². The van der Waals surface area contributed by atoms with Gasteiger partial charge in [0, 0.05) is 10.8 Å². The van der Waals surface area contributed by atoms with Crippen LogP contribution < -0.4 is 9.72 Å². The van der Waals surface area contributed by atoms with Crippen molar-refractivity contribution in [2.75, 3.05) is 7.11 Å². The average Bonchev–Trinajstić information content (AvgIpc) is 2.19. The van der Waals surface area contributed by atoms with Crippen molar-refractivity contribution in [3.8, 4) is 11.6 Å². The second-order valence-corrected chi connectivity index (χ2v) is 3.21. The second-order valence-electron chi connectivity index (χ2n) is 3.21. The van der Waals surface area contributed by atoms with Crippen molar-refractivity contribution in [3.05, 3.63) is 30.0 Å². The van der Waals surface area contributed by atoms with Crippen molar-refractivity contribution >= 4 is 10.8 Å². The van der Waals surface area contributed by atoms with Crippen LogP contribution in [0.4, 0.5) is 0 Å². The molecule has 0 saturated carbocycles. The lowest BCUT2D eigenvalue weighted by Gasteiger charge is -2.04. The fourth-order valence-corrected chi connectivity index (χ4v) is 1.65. The van der Waals surface area contributed by atoms with Crippen LogP contribution in [0.3, 0.4) is 0 Å². The molecule has 0 amide bonds. The van der Waals surface area contributed by atoms with Gasteiger partial charge in [-0.2, -0.15) is 4.98 Å². The number of methoxy groups -OCH3 is 1. The summed E-state index contributed by atoms with van der Waals surface area (Å²) in [5.41, 5.74) is 1.09. The monoisotopic (exact) mass is 190 g/mol. The minimum Gasteiger partial charge on any atom is -0.487 e. The molecule has 14 heavy (non-hydrogen) atoms. The van der Waals surface area contributed by atoms with Crippen LogP contribution in [0.1, 0.15) is 5.56 Å². The number of ether oxygens (including phenoxy) is 1. The van der Waals surface area contributed by atoms with Gasteiger partial charge in [0.25, 0.3) is 0 Å². The number of aromatic nitrogens is 1. The molecule has 0 spiro atoms. The molecule has 0 aliphatic heterocycles. The Labute approximate surface area is 82.0 Å². The van der Waals surface area contributed by atoms with Crippen LogP contribution >= 0.6 is 0 Å². The Balaban J connectivity index is 2.91. The summed E-state index contributed by atoms with van der Waals surface area (Å²) in [6, 6.07) is 5.94. The number of aromatic hydroxyl groups is 1. The van der Waals surface area contributed by atoms with Gasteiger partial charge in [0.05, 0.1) is 7.11 Å². The number of rotatable bonds is 1. The van der Waals surface area contributed by atoms with Crippen LogP contribution in [0.2, 0.25) is 0 Å². The van der Waals surface area contributed by atoms with Crippen molar-refractivity contribution in [1.82, 2.24) is 0 Å². The highest BCUT2D eigenvalue weighted by atomic mass is 16.5. The standard InChI is InChI=1S/C11H11NO2/c1-7-4-3-5-8-6-12-11(13)10(14-2)9(7)8/h3-6H,1-2H3,(H,12,13)/p+1. The van der Waals surface area contributed by atoms with Crippen LogP contribution in [0, 0.1) is 6.92 Å². The van der Waals surface area contributed by atoms with Gasteiger partial charge in [-0.1, -0.05) is 12.1 Å². The Kier molecular flexibility index (Phi) is 2.00. The molecule has 0 bridgehead atoms. The fraction of sp³-hybridized carbons (Fsp3) is 0.182. The van der Waals surface area contributed by atoms with E-state index in [1.165, 1.54) is 0 Å². The molecule has 1 aromatic carbocycles. The Bertz CT molecular complexity index is 480. The number of nitrogens with one attached hydrogen (secondary N) is 1. The second kappa shape index (κ2) is 3.18. The number of aryl methyl sites for hydroxylation is 1. The molecule has 3 nitrogen and oxygen atoms in total. The highest BCUT2D eigenvalue weighted by molar-refractivity contribution is 5.91. The molecule has 2 aromatic rings. The highest BCUT2D eigenvalue weighted by Crippen LogP contribution is 2.32. The molecule has 1 aromatic heterocycles. The van der Waals surface area contributed by atoms with E-state index in [1.807, 2.05) is 25.1 Å². The van der Waals surface area contributed by atoms with Crippen molar-refractivity contribution < 1.29 is 14.8 Å². The predicted molar refractivity (Wildman–Crippen MR) is 53.5 cm³/mol. The minimum absolute atomic E-state index is 0.0642. The van der Waals surface area contributed by atoms with Crippen LogP contribution in [0.5, 0.6) is 11.6 Å². The van der Waals surface area contributed by atoms with Gasteiger partial charge in [-0.25, -0.2) is 0 Å². The fourth-order valence-electron chi connectivity index (χ4n) is 1.65. The first-order valence-electron chi connectivity index (χ1n) is 4.41. The molecule has 0 fully saturated rings. The van der Waals surface area contributed by atoms with E-state index >= 15 is 0 Å². The zero-order valence-electron chi connectivity index (χ0n) is 8.16. The average molecular weight is 190 g/mol. The Morgan fingerprint density at radius 2 is 2.14 bits per heavy atom. The van der Waals surface area contributed by atoms with Crippen LogP contribution in [0.15, 0.2) is 24.4 Å². The molecular formula is C11H12NO2+. The number of aromatic amines is 1. The summed E-state index contributed by atoms with van der Waals surface area (Å²) in [5.74, 6) is 0.565. The van der Waals surface area contributed by atoms with Crippen LogP contribution in [-0.2, 0) is 0 Å². The summed E-state index contributed by atoms with van der Waals surface area (Å²) in [6.07, 6.45) is 1.76. The molecule has 0 radical (unpaired) electrons. The van der Waals surface area contributed by atoms with E-state index < -0.39 is 0 Å². The van der Waals surface area contributed by atoms with E-state index in [9.17, 15) is 5.11 Å². The van der Waals surface area contributed by atoms with Gasteiger partial charge in [0.1, 0.15) is 0 Å². The van der Waals surface area contributed by atoms with E-state index in [0.717, 1.165) is 16.3 Å². The van der Waals surface area contributed by atoms with Crippen LogP contribution in [0.25, 0.3) is 10.8 Å². The van der Waals surface area contributed by atoms with E-state index in [2.05, 4.69) is 4.98 Å². The van der Waals surface area contributed by atoms with Gasteiger partial charge in [-0.3, -0.25) is 0 Å². The lowest BCUT2D eigenvalue weighted by molar-refractivity contribution is -0.393. The minimum atomic E-state index is 0.0642. The Morgan fingerprint density at radius 3 is 2.86 bits per heavy atom. The number of hydrogen-bond acceptors (Lipinski definition) is 2. The first kappa shape index (κ1) is 8.81. The molecule has 0 aliphatic carbocycles. The first-order chi connectivity index (χ1) is 6.74. The third kappa shape index (κ3) is 1.18. The molecule has 0 atom stereocenters.